The molecule has 0 saturated carbocycles. The van der Waals surface area contributed by atoms with Gasteiger partial charge >= 0.3 is 0 Å². The van der Waals surface area contributed by atoms with E-state index in [0.29, 0.717) is 26.1 Å². The molecule has 0 bridgehead atoms. The summed E-state index contributed by atoms with van der Waals surface area (Å²) in [6, 6.07) is -0.629. The summed E-state index contributed by atoms with van der Waals surface area (Å²) >= 11 is 3.45. The lowest BCUT2D eigenvalue weighted by molar-refractivity contribution is -0.108. The predicted molar refractivity (Wildman–Crippen MR) is 170 cm³/mol. The second-order valence-electron chi connectivity index (χ2n) is 12.8. The van der Waals surface area contributed by atoms with Gasteiger partial charge in [-0.1, -0.05) is 26.7 Å². The zero-order chi connectivity index (χ0) is 33.6. The number of hydrogen-bond acceptors (Lipinski definition) is 11. The lowest BCUT2D eigenvalue weighted by Crippen LogP contribution is -2.59. The monoisotopic (exact) mass is 720 g/mol. The van der Waals surface area contributed by atoms with Crippen LogP contribution >= 0.6 is 15.9 Å². The molecule has 0 amide bonds. The number of carbonyl (C=O) groups excluding carboxylic acids is 2. The van der Waals surface area contributed by atoms with Crippen LogP contribution < -0.4 is 9.47 Å². The quantitative estimate of drug-likeness (QED) is 0.192. The standard InChI is InChI=1S/C34H42BrFN2O9/c1-5-7-13-45-28-21-18(25(36)22(24(28)35)33(43-3)44-4)15-17-16-19-26(38-11-9-10-12-38)29-23(32(37-47-29)46-14-8-6-2)31(41)34(19,42)30(40)20(17)27(21)39/h17,19,26,33,40,42H,5-16H2,1-4H3/t17-,19-,26-,34-/m0/s1. The molecular formula is C34H42BrFN2O9. The van der Waals surface area contributed by atoms with Crippen molar-refractivity contribution in [3.8, 4) is 11.6 Å². The van der Waals surface area contributed by atoms with Crippen molar-refractivity contribution in [2.45, 2.75) is 83.1 Å². The van der Waals surface area contributed by atoms with E-state index in [4.69, 9.17) is 23.5 Å². The van der Waals surface area contributed by atoms with Gasteiger partial charge in [0, 0.05) is 31.3 Å². The Morgan fingerprint density at radius 3 is 2.38 bits per heavy atom. The number of likely N-dealkylation sites (tertiary alicyclic amines) is 1. The van der Waals surface area contributed by atoms with Gasteiger partial charge in [-0.25, -0.2) is 4.39 Å². The molecule has 1 aliphatic heterocycles. The molecule has 1 saturated heterocycles. The van der Waals surface area contributed by atoms with Crippen molar-refractivity contribution < 1.29 is 47.7 Å². The lowest BCUT2D eigenvalue weighted by atomic mass is 9.58. The van der Waals surface area contributed by atoms with E-state index in [1.165, 1.54) is 14.2 Å². The Hall–Kier alpha value is -2.84. The number of aromatic nitrogens is 1. The topological polar surface area (TPSA) is 141 Å². The molecule has 1 aromatic carbocycles. The minimum Gasteiger partial charge on any atom is -0.508 e. The minimum absolute atomic E-state index is 0.0129. The fourth-order valence-corrected chi connectivity index (χ4v) is 8.42. The van der Waals surface area contributed by atoms with E-state index >= 15 is 4.39 Å². The molecule has 4 aliphatic rings. The third-order valence-electron chi connectivity index (χ3n) is 10.1. The maximum absolute atomic E-state index is 16.5. The Morgan fingerprint density at radius 2 is 1.74 bits per heavy atom. The number of nitrogens with zero attached hydrogens (tertiary/aromatic N) is 2. The van der Waals surface area contributed by atoms with Gasteiger partial charge in [0.05, 0.1) is 34.9 Å². The fraction of sp³-hybridized carbons (Fsp3) is 0.618. The fourth-order valence-electron chi connectivity index (χ4n) is 7.75. The van der Waals surface area contributed by atoms with Crippen LogP contribution in [0.4, 0.5) is 4.39 Å². The van der Waals surface area contributed by atoms with Crippen molar-refractivity contribution in [3.05, 3.63) is 49.6 Å². The van der Waals surface area contributed by atoms with E-state index in [0.717, 1.165) is 32.1 Å². The second-order valence-corrected chi connectivity index (χ2v) is 13.6. The smallest absolute Gasteiger partial charge is 0.265 e. The van der Waals surface area contributed by atoms with Crippen LogP contribution in [0.5, 0.6) is 11.6 Å². The van der Waals surface area contributed by atoms with Crippen LogP contribution in [0.2, 0.25) is 0 Å². The molecule has 13 heteroatoms. The van der Waals surface area contributed by atoms with Crippen LogP contribution in [0.3, 0.4) is 0 Å². The summed E-state index contributed by atoms with van der Waals surface area (Å²) in [4.78, 5) is 31.0. The Kier molecular flexibility index (Phi) is 9.84. The molecule has 0 radical (unpaired) electrons. The number of methoxy groups -OCH3 is 2. The van der Waals surface area contributed by atoms with Gasteiger partial charge in [-0.3, -0.25) is 14.5 Å². The average molecular weight is 722 g/mol. The van der Waals surface area contributed by atoms with Gasteiger partial charge in [0.2, 0.25) is 5.78 Å². The Balaban J connectivity index is 1.52. The summed E-state index contributed by atoms with van der Waals surface area (Å²) in [5.74, 6) is -4.20. The van der Waals surface area contributed by atoms with Crippen LogP contribution in [0.25, 0.3) is 0 Å². The van der Waals surface area contributed by atoms with Gasteiger partial charge < -0.3 is 33.7 Å². The first-order valence-corrected chi connectivity index (χ1v) is 17.3. The maximum atomic E-state index is 16.5. The van der Waals surface area contributed by atoms with Crippen LogP contribution in [-0.2, 0) is 15.9 Å². The molecule has 2 aromatic rings. The zero-order valence-corrected chi connectivity index (χ0v) is 28.8. The van der Waals surface area contributed by atoms with E-state index in [1.54, 1.807) is 0 Å². The molecule has 2 N–H and O–H groups in total. The third kappa shape index (κ3) is 5.33. The van der Waals surface area contributed by atoms with Crippen molar-refractivity contribution in [2.75, 3.05) is 40.5 Å². The first-order chi connectivity index (χ1) is 22.6. The second kappa shape index (κ2) is 13.6. The van der Waals surface area contributed by atoms with Crippen LogP contribution in [0, 0.1) is 17.7 Å². The van der Waals surface area contributed by atoms with Crippen LogP contribution in [0.15, 0.2) is 20.3 Å². The number of ketones is 2. The average Bonchev–Trinajstić information content (AvgIpc) is 3.74. The largest absolute Gasteiger partial charge is 0.508 e. The summed E-state index contributed by atoms with van der Waals surface area (Å²) in [6.07, 6.45) is 3.91. The molecule has 256 valence electrons. The number of aliphatic hydroxyl groups excluding tert-OH is 1. The summed E-state index contributed by atoms with van der Waals surface area (Å²) in [7, 11) is 2.78. The maximum Gasteiger partial charge on any atom is 0.265 e. The Bertz CT molecular complexity index is 1580. The number of unbranched alkanes of at least 4 members (excludes halogenated alkanes) is 2. The van der Waals surface area contributed by atoms with Gasteiger partial charge in [0.25, 0.3) is 5.88 Å². The number of aliphatic hydroxyl groups is 2. The number of benzene rings is 1. The van der Waals surface area contributed by atoms with E-state index in [9.17, 15) is 19.8 Å². The molecule has 4 atom stereocenters. The SMILES string of the molecule is CCCCOc1noc2c1C(=O)[C@@]1(O)C(O)=C3C(=O)c4c(c(F)c(C(OC)OC)c(Br)c4OCCCC)C[C@H]3C[C@H]1[C@@H]2N1CCCC1. The molecule has 1 aromatic heterocycles. The number of ether oxygens (including phenoxy) is 4. The van der Waals surface area contributed by atoms with Gasteiger partial charge in [-0.05, 0) is 78.6 Å². The molecule has 1 fully saturated rings. The number of rotatable bonds is 12. The molecule has 0 unspecified atom stereocenters. The number of hydrogen-bond donors (Lipinski definition) is 2. The lowest BCUT2D eigenvalue weighted by Gasteiger charge is -2.50. The highest BCUT2D eigenvalue weighted by atomic mass is 79.9. The highest BCUT2D eigenvalue weighted by Crippen LogP contribution is 2.58. The summed E-state index contributed by atoms with van der Waals surface area (Å²) in [6.45, 7) is 5.90. The molecule has 2 heterocycles. The van der Waals surface area contributed by atoms with Gasteiger partial charge in [-0.15, -0.1) is 0 Å². The number of Topliss-reactive ketones (excluding diaryl/α,β-unsaturated/α-hetero) is 2. The first-order valence-electron chi connectivity index (χ1n) is 16.5. The van der Waals surface area contributed by atoms with E-state index in [1.807, 2.05) is 13.8 Å². The van der Waals surface area contributed by atoms with Crippen molar-refractivity contribution in [1.82, 2.24) is 10.1 Å². The predicted octanol–water partition coefficient (Wildman–Crippen LogP) is 6.18. The van der Waals surface area contributed by atoms with Crippen LogP contribution in [0.1, 0.15) is 109 Å². The highest BCUT2D eigenvalue weighted by Gasteiger charge is 2.64. The van der Waals surface area contributed by atoms with Crippen molar-refractivity contribution in [3.63, 3.8) is 0 Å². The first kappa shape index (κ1) is 34.0. The Labute approximate surface area is 281 Å². The molecule has 3 aliphatic carbocycles. The molecule has 0 spiro atoms. The molecular weight excluding hydrogens is 679 g/mol. The van der Waals surface area contributed by atoms with Crippen molar-refractivity contribution in [1.29, 1.82) is 0 Å². The number of allylic oxidation sites excluding steroid dienone is 1. The van der Waals surface area contributed by atoms with Gasteiger partial charge in [-0.2, -0.15) is 0 Å². The van der Waals surface area contributed by atoms with Crippen molar-refractivity contribution >= 4 is 27.5 Å². The van der Waals surface area contributed by atoms with Crippen molar-refractivity contribution in [2.24, 2.45) is 11.8 Å². The summed E-state index contributed by atoms with van der Waals surface area (Å²) in [5.41, 5.74) is -2.48. The summed E-state index contributed by atoms with van der Waals surface area (Å²) < 4.78 is 45.3. The van der Waals surface area contributed by atoms with E-state index in [2.05, 4.69) is 26.0 Å². The number of fused-ring (bicyclic) bond motifs is 4. The zero-order valence-electron chi connectivity index (χ0n) is 27.2. The third-order valence-corrected chi connectivity index (χ3v) is 10.9. The Morgan fingerprint density at radius 1 is 1.09 bits per heavy atom. The van der Waals surface area contributed by atoms with Gasteiger partial charge in [0.1, 0.15) is 22.9 Å². The number of carbonyl (C=O) groups is 2. The van der Waals surface area contributed by atoms with Crippen LogP contribution in [-0.4, -0.2) is 78.0 Å². The summed E-state index contributed by atoms with van der Waals surface area (Å²) in [5, 5.41) is 28.5. The normalized spacial score (nSPS) is 25.6. The molecule has 6 rings (SSSR count). The molecule has 11 nitrogen and oxygen atoms in total. The van der Waals surface area contributed by atoms with E-state index < -0.39 is 52.9 Å². The van der Waals surface area contributed by atoms with E-state index in [-0.39, 0.29) is 69.1 Å². The minimum atomic E-state index is -2.45. The highest BCUT2D eigenvalue weighted by molar-refractivity contribution is 9.10. The molecule has 47 heavy (non-hydrogen) atoms. The number of halogens is 2. The van der Waals surface area contributed by atoms with Gasteiger partial charge in [0.15, 0.2) is 23.4 Å².